The van der Waals surface area contributed by atoms with Crippen molar-refractivity contribution in [2.45, 2.75) is 25.2 Å². The lowest BCUT2D eigenvalue weighted by Crippen LogP contribution is -2.27. The zero-order valence-electron chi connectivity index (χ0n) is 19.2. The first-order valence-electron chi connectivity index (χ1n) is 10.9. The number of nitrogens with zero attached hydrogens (tertiary/aromatic N) is 3. The lowest BCUT2D eigenvalue weighted by atomic mass is 10.1. The van der Waals surface area contributed by atoms with Crippen molar-refractivity contribution in [3.63, 3.8) is 0 Å². The molecule has 0 fully saturated rings. The summed E-state index contributed by atoms with van der Waals surface area (Å²) in [5.41, 5.74) is 1.15. The number of amides is 1. The Balaban J connectivity index is 1.79. The maximum absolute atomic E-state index is 13.9. The molecule has 0 unspecified atom stereocenters. The molecule has 8 nitrogen and oxygen atoms in total. The lowest BCUT2D eigenvalue weighted by molar-refractivity contribution is 0.102. The summed E-state index contributed by atoms with van der Waals surface area (Å²) in [6.45, 7) is 1.82. The average Bonchev–Trinajstić information content (AvgIpc) is 3.38. The molecule has 0 saturated carbocycles. The van der Waals surface area contributed by atoms with E-state index in [4.69, 9.17) is 16.0 Å². The third-order valence-corrected chi connectivity index (χ3v) is 7.02. The Morgan fingerprint density at radius 3 is 2.56 bits per heavy atom. The van der Waals surface area contributed by atoms with E-state index in [2.05, 4.69) is 15.3 Å². The molecule has 4 rings (SSSR count). The van der Waals surface area contributed by atoms with Gasteiger partial charge in [-0.25, -0.2) is 22.8 Å². The summed E-state index contributed by atoms with van der Waals surface area (Å²) >= 11 is 5.93. The summed E-state index contributed by atoms with van der Waals surface area (Å²) in [7, 11) is -3.80. The SMILES string of the molecule is CCS(=O)(=O)c1ncc(N(Cc2cccc(F)c2)Cc2ccco2)c(C(=O)Nc2ccc(Cl)cc2)n1. The number of carbonyl (C=O) groups is 1. The largest absolute Gasteiger partial charge is 0.467 e. The third-order valence-electron chi connectivity index (χ3n) is 5.25. The van der Waals surface area contributed by atoms with Gasteiger partial charge in [-0.2, -0.15) is 0 Å². The third kappa shape index (κ3) is 6.07. The summed E-state index contributed by atoms with van der Waals surface area (Å²) in [6.07, 6.45) is 2.80. The van der Waals surface area contributed by atoms with Crippen LogP contribution >= 0.6 is 11.6 Å². The predicted octanol–water partition coefficient (Wildman–Crippen LogP) is 5.11. The molecule has 4 aromatic rings. The number of benzene rings is 2. The molecule has 0 saturated heterocycles. The fourth-order valence-corrected chi connectivity index (χ4v) is 4.26. The van der Waals surface area contributed by atoms with E-state index in [9.17, 15) is 17.6 Å². The van der Waals surface area contributed by atoms with E-state index in [0.717, 1.165) is 0 Å². The zero-order valence-corrected chi connectivity index (χ0v) is 20.8. The molecule has 2 aromatic carbocycles. The zero-order chi connectivity index (χ0) is 25.7. The van der Waals surface area contributed by atoms with Crippen molar-refractivity contribution in [1.82, 2.24) is 9.97 Å². The standard InChI is InChI=1S/C25H22ClFN4O4S/c1-2-36(33,34)25-28-14-22(23(30-25)24(32)29-20-10-8-18(26)9-11-20)31(16-21-7-4-12-35-21)15-17-5-3-6-19(27)13-17/h3-14H,2,15-16H2,1H3,(H,29,32). The van der Waals surface area contributed by atoms with Gasteiger partial charge in [0.1, 0.15) is 11.6 Å². The van der Waals surface area contributed by atoms with Gasteiger partial charge in [0.15, 0.2) is 5.69 Å². The van der Waals surface area contributed by atoms with Crippen LogP contribution < -0.4 is 10.2 Å². The number of aromatic nitrogens is 2. The normalized spacial score (nSPS) is 11.3. The van der Waals surface area contributed by atoms with E-state index < -0.39 is 26.7 Å². The van der Waals surface area contributed by atoms with Crippen LogP contribution in [0.5, 0.6) is 0 Å². The number of sulfone groups is 1. The summed E-state index contributed by atoms with van der Waals surface area (Å²) in [5.74, 6) is -0.720. The van der Waals surface area contributed by atoms with Crippen LogP contribution in [-0.2, 0) is 22.9 Å². The van der Waals surface area contributed by atoms with Gasteiger partial charge in [-0.1, -0.05) is 30.7 Å². The molecule has 0 atom stereocenters. The molecular formula is C25H22ClFN4O4S. The van der Waals surface area contributed by atoms with Crippen molar-refractivity contribution in [3.05, 3.63) is 101 Å². The van der Waals surface area contributed by atoms with E-state index in [1.807, 2.05) is 0 Å². The number of halogens is 2. The summed E-state index contributed by atoms with van der Waals surface area (Å²) in [5, 5.41) is 2.75. The molecule has 186 valence electrons. The van der Waals surface area contributed by atoms with Crippen molar-refractivity contribution in [3.8, 4) is 0 Å². The van der Waals surface area contributed by atoms with Crippen LogP contribution in [0.1, 0.15) is 28.7 Å². The summed E-state index contributed by atoms with van der Waals surface area (Å²) < 4.78 is 44.4. The van der Waals surface area contributed by atoms with Gasteiger partial charge in [0.05, 0.1) is 30.4 Å². The first-order chi connectivity index (χ1) is 17.2. The van der Waals surface area contributed by atoms with Gasteiger partial charge < -0.3 is 14.6 Å². The highest BCUT2D eigenvalue weighted by molar-refractivity contribution is 7.91. The van der Waals surface area contributed by atoms with Gasteiger partial charge in [-0.3, -0.25) is 4.79 Å². The van der Waals surface area contributed by atoms with Crippen LogP contribution in [0.2, 0.25) is 5.02 Å². The fraction of sp³-hybridized carbons (Fsp3) is 0.160. The van der Waals surface area contributed by atoms with Crippen LogP contribution in [0.15, 0.2) is 82.7 Å². The second-order valence-electron chi connectivity index (χ2n) is 7.82. The second kappa shape index (κ2) is 10.9. The molecule has 0 aliphatic heterocycles. The highest BCUT2D eigenvalue weighted by Crippen LogP contribution is 2.26. The van der Waals surface area contributed by atoms with Gasteiger partial charge in [0.2, 0.25) is 15.0 Å². The van der Waals surface area contributed by atoms with Crippen LogP contribution in [-0.4, -0.2) is 30.0 Å². The highest BCUT2D eigenvalue weighted by Gasteiger charge is 2.25. The molecule has 36 heavy (non-hydrogen) atoms. The Morgan fingerprint density at radius 1 is 1.11 bits per heavy atom. The van der Waals surface area contributed by atoms with Crippen LogP contribution in [0.3, 0.4) is 0 Å². The maximum atomic E-state index is 13.9. The van der Waals surface area contributed by atoms with Gasteiger partial charge in [0, 0.05) is 17.3 Å². The van der Waals surface area contributed by atoms with Gasteiger partial charge in [-0.05, 0) is 54.1 Å². The van der Waals surface area contributed by atoms with E-state index in [0.29, 0.717) is 22.0 Å². The fourth-order valence-electron chi connectivity index (χ4n) is 3.43. The first-order valence-corrected chi connectivity index (χ1v) is 13.0. The van der Waals surface area contributed by atoms with E-state index >= 15 is 0 Å². The van der Waals surface area contributed by atoms with Crippen LogP contribution in [0.4, 0.5) is 15.8 Å². The smallest absolute Gasteiger partial charge is 0.276 e. The van der Waals surface area contributed by atoms with E-state index in [1.165, 1.54) is 31.5 Å². The van der Waals surface area contributed by atoms with Crippen molar-refractivity contribution < 1.29 is 22.0 Å². The number of furan rings is 1. The van der Waals surface area contributed by atoms with Crippen LogP contribution in [0.25, 0.3) is 0 Å². The molecular weight excluding hydrogens is 507 g/mol. The van der Waals surface area contributed by atoms with Gasteiger partial charge in [-0.15, -0.1) is 0 Å². The monoisotopic (exact) mass is 528 g/mol. The molecule has 1 N–H and O–H groups in total. The topological polar surface area (TPSA) is 105 Å². The minimum atomic E-state index is -3.80. The number of hydrogen-bond acceptors (Lipinski definition) is 7. The van der Waals surface area contributed by atoms with Crippen molar-refractivity contribution in [1.29, 1.82) is 0 Å². The number of rotatable bonds is 9. The van der Waals surface area contributed by atoms with Crippen LogP contribution in [0, 0.1) is 5.82 Å². The molecule has 2 heterocycles. The number of nitrogens with one attached hydrogen (secondary N) is 1. The molecule has 2 aromatic heterocycles. The summed E-state index contributed by atoms with van der Waals surface area (Å²) in [6, 6.07) is 15.9. The minimum Gasteiger partial charge on any atom is -0.467 e. The minimum absolute atomic E-state index is 0.157. The Kier molecular flexibility index (Phi) is 7.66. The molecule has 0 aliphatic rings. The van der Waals surface area contributed by atoms with Crippen molar-refractivity contribution >= 4 is 38.7 Å². The van der Waals surface area contributed by atoms with Gasteiger partial charge >= 0.3 is 0 Å². The highest BCUT2D eigenvalue weighted by atomic mass is 35.5. The van der Waals surface area contributed by atoms with Crippen molar-refractivity contribution in [2.24, 2.45) is 0 Å². The van der Waals surface area contributed by atoms with Crippen molar-refractivity contribution in [2.75, 3.05) is 16.0 Å². The second-order valence-corrected chi connectivity index (χ2v) is 10.4. The molecule has 0 radical (unpaired) electrons. The first kappa shape index (κ1) is 25.3. The lowest BCUT2D eigenvalue weighted by Gasteiger charge is -2.25. The molecule has 1 amide bonds. The number of carbonyl (C=O) groups excluding carboxylic acids is 1. The predicted molar refractivity (Wildman–Crippen MR) is 134 cm³/mol. The number of hydrogen-bond donors (Lipinski definition) is 1. The number of anilines is 2. The summed E-state index contributed by atoms with van der Waals surface area (Å²) in [4.78, 5) is 23.3. The average molecular weight is 529 g/mol. The maximum Gasteiger partial charge on any atom is 0.276 e. The van der Waals surface area contributed by atoms with E-state index in [-0.39, 0.29) is 30.2 Å². The molecule has 0 bridgehead atoms. The van der Waals surface area contributed by atoms with Gasteiger partial charge in [0.25, 0.3) is 5.91 Å². The Bertz CT molecular complexity index is 1460. The Labute approximate surface area is 212 Å². The molecule has 0 spiro atoms. The quantitative estimate of drug-likeness (QED) is 0.301. The van der Waals surface area contributed by atoms with E-state index in [1.54, 1.807) is 53.4 Å². The Hall–Kier alpha value is -3.76. The Morgan fingerprint density at radius 2 is 1.89 bits per heavy atom. The molecule has 0 aliphatic carbocycles. The molecule has 11 heteroatoms.